The summed E-state index contributed by atoms with van der Waals surface area (Å²) in [5.41, 5.74) is 2.76. The summed E-state index contributed by atoms with van der Waals surface area (Å²) in [5.74, 6) is 0.653. The Bertz CT molecular complexity index is 207. The number of hydrogen-bond acceptors (Lipinski definition) is 0. The zero-order valence-electron chi connectivity index (χ0n) is 8.00. The van der Waals surface area contributed by atoms with Gasteiger partial charge in [0.25, 0.3) is 0 Å². The van der Waals surface area contributed by atoms with Gasteiger partial charge in [-0.1, -0.05) is 43.7 Å². The van der Waals surface area contributed by atoms with Gasteiger partial charge >= 0.3 is 19.8 Å². The van der Waals surface area contributed by atoms with Crippen LogP contribution in [-0.2, 0) is 19.8 Å². The Hall–Kier alpha value is 1.32. The molecule has 0 aliphatic carbocycles. The van der Waals surface area contributed by atoms with Crippen LogP contribution in [0.15, 0.2) is 24.3 Å². The fraction of sp³-hybridized carbons (Fsp3) is 0.400. The van der Waals surface area contributed by atoms with Gasteiger partial charge in [0.1, 0.15) is 0 Å². The maximum atomic E-state index is 2.21. The molecule has 0 saturated heterocycles. The molecule has 0 amide bonds. The molecule has 0 fully saturated rings. The average Bonchev–Trinajstić information content (AvgIpc) is 1.88. The Labute approximate surface area is 128 Å². The van der Waals surface area contributed by atoms with E-state index in [1.165, 1.54) is 11.1 Å². The molecule has 1 aromatic carbocycles. The van der Waals surface area contributed by atoms with Crippen molar-refractivity contribution in [3.05, 3.63) is 35.4 Å². The van der Waals surface area contributed by atoms with Crippen LogP contribution >= 0.6 is 0 Å². The van der Waals surface area contributed by atoms with Crippen molar-refractivity contribution in [2.45, 2.75) is 26.7 Å². The third-order valence-electron chi connectivity index (χ3n) is 1.74. The van der Waals surface area contributed by atoms with Crippen molar-refractivity contribution in [2.24, 2.45) is 0 Å². The molecule has 0 heterocycles. The summed E-state index contributed by atoms with van der Waals surface area (Å²) in [5, 5.41) is 0. The molecule has 0 saturated carbocycles. The second kappa shape index (κ2) is 9.86. The van der Waals surface area contributed by atoms with Gasteiger partial charge in [0.05, 0.1) is 0 Å². The molecule has 76 valence electrons. The molecular weight excluding hydrogens is 564 g/mol. The first-order valence-electron chi connectivity index (χ1n) is 3.76. The van der Waals surface area contributed by atoms with Crippen LogP contribution in [0.4, 0.5) is 0 Å². The van der Waals surface area contributed by atoms with E-state index in [-0.39, 0.29) is 67.7 Å². The number of halogens is 2. The maximum Gasteiger partial charge on any atom is 2.00 e. The quantitative estimate of drug-likeness (QED) is 0.315. The van der Waals surface area contributed by atoms with E-state index < -0.39 is 0 Å². The van der Waals surface area contributed by atoms with E-state index in [2.05, 4.69) is 45.0 Å². The van der Waals surface area contributed by atoms with Gasteiger partial charge in [-0.3, -0.25) is 0 Å². The number of hydrogen-bond donors (Lipinski definition) is 0. The topological polar surface area (TPSA) is 0 Å². The Morgan fingerprint density at radius 2 is 1.31 bits per heavy atom. The maximum absolute atomic E-state index is 2.21. The summed E-state index contributed by atoms with van der Waals surface area (Å²) in [6.07, 6.45) is 0. The normalized spacial score (nSPS) is 8.00. The summed E-state index contributed by atoms with van der Waals surface area (Å²) in [6, 6.07) is 8.71. The molecule has 1 aromatic rings. The molecule has 0 nitrogen and oxygen atoms in total. The molecule has 0 N–H and O–H groups in total. The number of rotatable bonds is 1. The third kappa shape index (κ3) is 7.27. The Balaban J connectivity index is -0.000000333. The molecule has 0 atom stereocenters. The van der Waals surface area contributed by atoms with Gasteiger partial charge in [0, 0.05) is 0 Å². The molecule has 13 heavy (non-hydrogen) atoms. The second-order valence-electron chi connectivity index (χ2n) is 3.07. The van der Waals surface area contributed by atoms with Gasteiger partial charge in [-0.05, 0) is 18.4 Å². The minimum atomic E-state index is 0. The minimum Gasteiger partial charge on any atom is -1.00 e. The first kappa shape index (κ1) is 19.8. The van der Waals surface area contributed by atoms with Crippen molar-refractivity contribution in [1.29, 1.82) is 0 Å². The zero-order valence-corrected chi connectivity index (χ0v) is 14.9. The monoisotopic (exact) mass is 580 g/mol. The molecule has 0 unspecified atom stereocenters. The molecule has 0 aliphatic rings. The van der Waals surface area contributed by atoms with Crippen LogP contribution < -0.4 is 48.0 Å². The Morgan fingerprint density at radius 1 is 0.923 bits per heavy atom. The van der Waals surface area contributed by atoms with Crippen molar-refractivity contribution in [2.75, 3.05) is 0 Å². The zero-order chi connectivity index (χ0) is 7.56. The fourth-order valence-electron chi connectivity index (χ4n) is 0.951. The SMILES string of the molecule is Cc1ccc(C(C)C)cc1.[I-].[I-].[Os+2]. The van der Waals surface area contributed by atoms with Crippen molar-refractivity contribution in [1.82, 2.24) is 0 Å². The first-order valence-corrected chi connectivity index (χ1v) is 3.76. The van der Waals surface area contributed by atoms with Crippen LogP contribution in [0.5, 0.6) is 0 Å². The van der Waals surface area contributed by atoms with Gasteiger partial charge < -0.3 is 48.0 Å². The van der Waals surface area contributed by atoms with Crippen molar-refractivity contribution in [3.63, 3.8) is 0 Å². The number of benzene rings is 1. The third-order valence-corrected chi connectivity index (χ3v) is 1.74. The summed E-state index contributed by atoms with van der Waals surface area (Å²) in [6.45, 7) is 6.54. The summed E-state index contributed by atoms with van der Waals surface area (Å²) < 4.78 is 0. The molecule has 0 radical (unpaired) electrons. The predicted molar refractivity (Wildman–Crippen MR) is 45.3 cm³/mol. The van der Waals surface area contributed by atoms with E-state index in [1.54, 1.807) is 0 Å². The van der Waals surface area contributed by atoms with E-state index in [1.807, 2.05) is 0 Å². The molecular formula is C10H14I2Os. The van der Waals surface area contributed by atoms with Crippen molar-refractivity contribution in [3.8, 4) is 0 Å². The van der Waals surface area contributed by atoms with Crippen LogP contribution in [0.2, 0.25) is 0 Å². The van der Waals surface area contributed by atoms with E-state index in [4.69, 9.17) is 0 Å². The fourth-order valence-corrected chi connectivity index (χ4v) is 0.951. The van der Waals surface area contributed by atoms with E-state index in [9.17, 15) is 0 Å². The first-order chi connectivity index (χ1) is 4.70. The Morgan fingerprint density at radius 3 is 1.62 bits per heavy atom. The van der Waals surface area contributed by atoms with Gasteiger partial charge in [0.15, 0.2) is 0 Å². The molecule has 1 rings (SSSR count). The summed E-state index contributed by atoms with van der Waals surface area (Å²) in [7, 11) is 0. The van der Waals surface area contributed by atoms with Crippen molar-refractivity contribution >= 4 is 0 Å². The van der Waals surface area contributed by atoms with Gasteiger partial charge in [0.2, 0.25) is 0 Å². The standard InChI is InChI=1S/C10H14.2HI.Os/c1-8(2)10-6-4-9(3)5-7-10;;;/h4-8H,1-3H3;2*1H;/q;;;+2/p-2. The van der Waals surface area contributed by atoms with E-state index in [0.717, 1.165) is 0 Å². The number of aryl methyl sites for hydroxylation is 1. The van der Waals surface area contributed by atoms with Gasteiger partial charge in [-0.15, -0.1) is 0 Å². The van der Waals surface area contributed by atoms with Crippen LogP contribution in [0, 0.1) is 6.92 Å². The van der Waals surface area contributed by atoms with Crippen LogP contribution in [-0.4, -0.2) is 0 Å². The summed E-state index contributed by atoms with van der Waals surface area (Å²) in [4.78, 5) is 0. The Kier molecular flexibility index (Phi) is 15.0. The molecule has 3 heteroatoms. The van der Waals surface area contributed by atoms with Crippen LogP contribution in [0.25, 0.3) is 0 Å². The minimum absolute atomic E-state index is 0. The molecule has 0 aliphatic heterocycles. The van der Waals surface area contributed by atoms with Crippen molar-refractivity contribution < 1.29 is 67.7 Å². The van der Waals surface area contributed by atoms with Crippen LogP contribution in [0.3, 0.4) is 0 Å². The largest absolute Gasteiger partial charge is 2.00 e. The van der Waals surface area contributed by atoms with Gasteiger partial charge in [-0.25, -0.2) is 0 Å². The molecule has 0 aromatic heterocycles. The molecule has 0 bridgehead atoms. The smallest absolute Gasteiger partial charge is 1.00 e. The molecule has 0 spiro atoms. The summed E-state index contributed by atoms with van der Waals surface area (Å²) >= 11 is 0. The predicted octanol–water partition coefficient (Wildman–Crippen LogP) is -2.88. The second-order valence-corrected chi connectivity index (χ2v) is 3.07. The van der Waals surface area contributed by atoms with E-state index in [0.29, 0.717) is 5.92 Å². The van der Waals surface area contributed by atoms with E-state index >= 15 is 0 Å². The van der Waals surface area contributed by atoms with Crippen LogP contribution in [0.1, 0.15) is 30.9 Å². The average molecular weight is 578 g/mol. The van der Waals surface area contributed by atoms with Gasteiger partial charge in [-0.2, -0.15) is 0 Å².